The summed E-state index contributed by atoms with van der Waals surface area (Å²) in [4.78, 5) is 10.8. The zero-order chi connectivity index (χ0) is 12.8. The molecule has 0 rings (SSSR count). The molecule has 100 valence electrons. The molecule has 0 bridgehead atoms. The summed E-state index contributed by atoms with van der Waals surface area (Å²) in [5, 5.41) is 0. The van der Waals surface area contributed by atoms with Crippen molar-refractivity contribution >= 4 is 5.97 Å². The van der Waals surface area contributed by atoms with E-state index in [4.69, 9.17) is 4.74 Å². The molecule has 0 saturated carbocycles. The average molecular weight is 242 g/mol. The van der Waals surface area contributed by atoms with Crippen LogP contribution in [0.3, 0.4) is 0 Å². The molecule has 0 aromatic carbocycles. The molecule has 0 radical (unpaired) electrons. The lowest BCUT2D eigenvalue weighted by atomic mass is 10.1. The van der Waals surface area contributed by atoms with Crippen LogP contribution in [0.5, 0.6) is 0 Å². The second-order valence-electron chi connectivity index (χ2n) is 4.14. The third kappa shape index (κ3) is 13.1. The van der Waals surface area contributed by atoms with Crippen LogP contribution in [0.4, 0.5) is 0 Å². The molecule has 0 unspecified atom stereocenters. The minimum Gasteiger partial charge on any atom is -0.469 e. The van der Waals surface area contributed by atoms with Crippen LogP contribution in [0.1, 0.15) is 51.4 Å². The Balaban J connectivity index is 3.08. The Morgan fingerprint density at radius 1 is 0.941 bits per heavy atom. The van der Waals surface area contributed by atoms with E-state index in [1.807, 2.05) is 0 Å². The first kappa shape index (κ1) is 16.2. The van der Waals surface area contributed by atoms with Crippen molar-refractivity contribution in [2.45, 2.75) is 51.4 Å². The van der Waals surface area contributed by atoms with Gasteiger partial charge in [-0.15, -0.1) is 0 Å². The van der Waals surface area contributed by atoms with E-state index in [-0.39, 0.29) is 5.97 Å². The third-order valence-corrected chi connectivity index (χ3v) is 2.63. The van der Waals surface area contributed by atoms with E-state index >= 15 is 0 Å². The highest BCUT2D eigenvalue weighted by Crippen LogP contribution is 2.08. The van der Waals surface area contributed by atoms with Gasteiger partial charge in [-0.25, -0.2) is 0 Å². The molecule has 0 aliphatic rings. The van der Waals surface area contributed by atoms with Crippen LogP contribution in [0.25, 0.3) is 0 Å². The lowest BCUT2D eigenvalue weighted by Crippen LogP contribution is -1.99. The Labute approximate surface area is 105 Å². The Morgan fingerprint density at radius 3 is 2.29 bits per heavy atom. The summed E-state index contributed by atoms with van der Waals surface area (Å²) in [7, 11) is 3.17. The van der Waals surface area contributed by atoms with E-state index in [0.29, 0.717) is 6.42 Å². The first-order chi connectivity index (χ1) is 8.31. The Hall–Kier alpha value is -0.830. The summed E-state index contributed by atoms with van der Waals surface area (Å²) in [6, 6.07) is 0. The van der Waals surface area contributed by atoms with Crippen molar-refractivity contribution in [1.82, 2.24) is 0 Å². The molecule has 3 heteroatoms. The second-order valence-corrected chi connectivity index (χ2v) is 4.14. The monoisotopic (exact) mass is 242 g/mol. The molecule has 0 atom stereocenters. The van der Waals surface area contributed by atoms with Gasteiger partial charge in [0.15, 0.2) is 0 Å². The van der Waals surface area contributed by atoms with E-state index in [9.17, 15) is 4.79 Å². The standard InChI is InChI=1S/C14H26O3/c1-16-13-11-9-7-5-3-4-6-8-10-12-14(15)17-2/h7,9H,3-6,8,10-13H2,1-2H3/b9-7-. The minimum absolute atomic E-state index is 0.0916. The van der Waals surface area contributed by atoms with Gasteiger partial charge < -0.3 is 9.47 Å². The summed E-state index contributed by atoms with van der Waals surface area (Å²) >= 11 is 0. The van der Waals surface area contributed by atoms with Crippen LogP contribution >= 0.6 is 0 Å². The van der Waals surface area contributed by atoms with Crippen molar-refractivity contribution in [2.75, 3.05) is 20.8 Å². The Morgan fingerprint density at radius 2 is 1.59 bits per heavy atom. The number of ether oxygens (including phenoxy) is 2. The first-order valence-electron chi connectivity index (χ1n) is 6.52. The molecule has 0 aromatic heterocycles. The quantitative estimate of drug-likeness (QED) is 0.316. The summed E-state index contributed by atoms with van der Waals surface area (Å²) in [6.45, 7) is 0.810. The topological polar surface area (TPSA) is 35.5 Å². The molecule has 17 heavy (non-hydrogen) atoms. The maximum absolute atomic E-state index is 10.8. The number of allylic oxidation sites excluding steroid dienone is 1. The summed E-state index contributed by atoms with van der Waals surface area (Å²) < 4.78 is 9.54. The van der Waals surface area contributed by atoms with Crippen molar-refractivity contribution in [2.24, 2.45) is 0 Å². The van der Waals surface area contributed by atoms with E-state index in [1.54, 1.807) is 7.11 Å². The zero-order valence-corrected chi connectivity index (χ0v) is 11.2. The predicted octanol–water partition coefficient (Wildman–Crippen LogP) is 3.48. The van der Waals surface area contributed by atoms with Gasteiger partial charge in [0.05, 0.1) is 7.11 Å². The molecular weight excluding hydrogens is 216 g/mol. The van der Waals surface area contributed by atoms with Crippen LogP contribution < -0.4 is 0 Å². The van der Waals surface area contributed by atoms with E-state index in [0.717, 1.165) is 32.3 Å². The average Bonchev–Trinajstić information content (AvgIpc) is 2.35. The summed E-state index contributed by atoms with van der Waals surface area (Å²) in [6.07, 6.45) is 12.9. The van der Waals surface area contributed by atoms with Crippen LogP contribution in [-0.4, -0.2) is 26.8 Å². The van der Waals surface area contributed by atoms with E-state index in [1.165, 1.54) is 26.4 Å². The highest BCUT2D eigenvalue weighted by molar-refractivity contribution is 5.68. The molecule has 0 aliphatic heterocycles. The van der Waals surface area contributed by atoms with Gasteiger partial charge in [-0.05, 0) is 25.7 Å². The predicted molar refractivity (Wildman–Crippen MR) is 70.0 cm³/mol. The SMILES string of the molecule is COCC/C=C\CCCCCCCC(=O)OC. The normalized spacial score (nSPS) is 10.9. The van der Waals surface area contributed by atoms with Gasteiger partial charge in [-0.2, -0.15) is 0 Å². The molecule has 0 saturated heterocycles. The number of esters is 1. The molecule has 0 aliphatic carbocycles. The number of methoxy groups -OCH3 is 2. The van der Waals surface area contributed by atoms with Crippen molar-refractivity contribution in [3.05, 3.63) is 12.2 Å². The Bertz CT molecular complexity index is 200. The number of carbonyl (C=O) groups is 1. The van der Waals surface area contributed by atoms with Gasteiger partial charge >= 0.3 is 5.97 Å². The molecule has 0 heterocycles. The minimum atomic E-state index is -0.0916. The van der Waals surface area contributed by atoms with Crippen LogP contribution in [0.2, 0.25) is 0 Å². The number of rotatable bonds is 11. The van der Waals surface area contributed by atoms with Gasteiger partial charge in [0.1, 0.15) is 0 Å². The summed E-state index contributed by atoms with van der Waals surface area (Å²) in [5.74, 6) is -0.0916. The lowest BCUT2D eigenvalue weighted by Gasteiger charge is -2.00. The van der Waals surface area contributed by atoms with Crippen LogP contribution in [0, 0.1) is 0 Å². The van der Waals surface area contributed by atoms with Gasteiger partial charge in [-0.3, -0.25) is 4.79 Å². The molecule has 0 amide bonds. The van der Waals surface area contributed by atoms with Crippen LogP contribution in [0.15, 0.2) is 12.2 Å². The number of hydrogen-bond donors (Lipinski definition) is 0. The largest absolute Gasteiger partial charge is 0.469 e. The fourth-order valence-corrected chi connectivity index (χ4v) is 1.59. The molecule has 0 aromatic rings. The maximum Gasteiger partial charge on any atom is 0.305 e. The third-order valence-electron chi connectivity index (χ3n) is 2.63. The number of unbranched alkanes of at least 4 members (excludes halogenated alkanes) is 5. The molecular formula is C14H26O3. The van der Waals surface area contributed by atoms with Crippen molar-refractivity contribution in [1.29, 1.82) is 0 Å². The van der Waals surface area contributed by atoms with Gasteiger partial charge in [0.25, 0.3) is 0 Å². The molecule has 0 spiro atoms. The number of hydrogen-bond acceptors (Lipinski definition) is 3. The lowest BCUT2D eigenvalue weighted by molar-refractivity contribution is -0.140. The zero-order valence-electron chi connectivity index (χ0n) is 11.2. The smallest absolute Gasteiger partial charge is 0.305 e. The van der Waals surface area contributed by atoms with Gasteiger partial charge in [0, 0.05) is 20.1 Å². The first-order valence-corrected chi connectivity index (χ1v) is 6.52. The Kier molecular flexibility index (Phi) is 12.6. The van der Waals surface area contributed by atoms with Crippen molar-refractivity contribution in [3.63, 3.8) is 0 Å². The van der Waals surface area contributed by atoms with E-state index < -0.39 is 0 Å². The fourth-order valence-electron chi connectivity index (χ4n) is 1.59. The highest BCUT2D eigenvalue weighted by atomic mass is 16.5. The molecule has 3 nitrogen and oxygen atoms in total. The van der Waals surface area contributed by atoms with Crippen molar-refractivity contribution < 1.29 is 14.3 Å². The van der Waals surface area contributed by atoms with E-state index in [2.05, 4.69) is 16.9 Å². The van der Waals surface area contributed by atoms with Gasteiger partial charge in [0.2, 0.25) is 0 Å². The number of carbonyl (C=O) groups excluding carboxylic acids is 1. The molecule has 0 N–H and O–H groups in total. The maximum atomic E-state index is 10.8. The van der Waals surface area contributed by atoms with Crippen molar-refractivity contribution in [3.8, 4) is 0 Å². The fraction of sp³-hybridized carbons (Fsp3) is 0.786. The molecule has 0 fully saturated rings. The van der Waals surface area contributed by atoms with Gasteiger partial charge in [-0.1, -0.05) is 31.4 Å². The second kappa shape index (κ2) is 13.2. The highest BCUT2D eigenvalue weighted by Gasteiger charge is 1.98. The van der Waals surface area contributed by atoms with Crippen LogP contribution in [-0.2, 0) is 14.3 Å². The summed E-state index contributed by atoms with van der Waals surface area (Å²) in [5.41, 5.74) is 0.